The smallest absolute Gasteiger partial charge is 0.132 e. The first kappa shape index (κ1) is 18.1. The Kier molecular flexibility index (Phi) is 5.08. The fourth-order valence-corrected chi connectivity index (χ4v) is 3.11. The average Bonchev–Trinajstić information content (AvgIpc) is 3.09. The molecule has 2 aromatic carbocycles. The molecular formula is C19H18F3N3O. The van der Waals surface area contributed by atoms with E-state index in [0.717, 1.165) is 17.7 Å². The predicted molar refractivity (Wildman–Crippen MR) is 89.6 cm³/mol. The van der Waals surface area contributed by atoms with Crippen molar-refractivity contribution in [3.8, 4) is 0 Å². The highest BCUT2D eigenvalue weighted by molar-refractivity contribution is 5.29. The molecule has 0 aliphatic heterocycles. The van der Waals surface area contributed by atoms with E-state index in [-0.39, 0.29) is 17.8 Å². The summed E-state index contributed by atoms with van der Waals surface area (Å²) in [5.41, 5.74) is -0.429. The van der Waals surface area contributed by atoms with Crippen LogP contribution >= 0.6 is 0 Å². The number of hydrogen-bond donors (Lipinski definition) is 2. The normalized spacial score (nSPS) is 14.8. The van der Waals surface area contributed by atoms with Gasteiger partial charge in [-0.1, -0.05) is 30.3 Å². The summed E-state index contributed by atoms with van der Waals surface area (Å²) in [6.07, 6.45) is 1.87. The molecule has 4 nitrogen and oxygen atoms in total. The zero-order valence-electron chi connectivity index (χ0n) is 14.1. The first-order valence-corrected chi connectivity index (χ1v) is 8.16. The molecule has 0 amide bonds. The fourth-order valence-electron chi connectivity index (χ4n) is 3.11. The van der Waals surface area contributed by atoms with Gasteiger partial charge < -0.3 is 5.11 Å². The van der Waals surface area contributed by atoms with Crippen LogP contribution in [0.2, 0.25) is 0 Å². The van der Waals surface area contributed by atoms with Crippen molar-refractivity contribution in [1.82, 2.24) is 15.4 Å². The number of H-pyrrole nitrogens is 1. The SMILES string of the molecule is CC(Cc1ccc(F)cc1)C(O)(Cc1c[nH]nn1)c1ccc(F)cc1F. The van der Waals surface area contributed by atoms with Crippen LogP contribution in [-0.2, 0) is 18.4 Å². The number of nitrogens with zero attached hydrogens (tertiary/aromatic N) is 2. The van der Waals surface area contributed by atoms with Gasteiger partial charge in [-0.25, -0.2) is 13.2 Å². The van der Waals surface area contributed by atoms with E-state index < -0.39 is 23.2 Å². The Labute approximate surface area is 148 Å². The van der Waals surface area contributed by atoms with Gasteiger partial charge in [-0.2, -0.15) is 0 Å². The lowest BCUT2D eigenvalue weighted by Crippen LogP contribution is -2.38. The van der Waals surface area contributed by atoms with E-state index in [1.54, 1.807) is 19.1 Å². The molecule has 7 heteroatoms. The van der Waals surface area contributed by atoms with Crippen molar-refractivity contribution in [1.29, 1.82) is 0 Å². The Balaban J connectivity index is 1.97. The minimum Gasteiger partial charge on any atom is -0.384 e. The monoisotopic (exact) mass is 361 g/mol. The second-order valence-corrected chi connectivity index (χ2v) is 6.42. The maximum absolute atomic E-state index is 14.4. The number of aromatic amines is 1. The van der Waals surface area contributed by atoms with Crippen molar-refractivity contribution in [3.63, 3.8) is 0 Å². The van der Waals surface area contributed by atoms with Crippen LogP contribution in [0, 0.1) is 23.4 Å². The minimum atomic E-state index is -1.65. The van der Waals surface area contributed by atoms with E-state index in [0.29, 0.717) is 12.1 Å². The second kappa shape index (κ2) is 7.29. The first-order valence-electron chi connectivity index (χ1n) is 8.16. The summed E-state index contributed by atoms with van der Waals surface area (Å²) in [7, 11) is 0. The fraction of sp³-hybridized carbons (Fsp3) is 0.263. The molecule has 1 aromatic heterocycles. The van der Waals surface area contributed by atoms with E-state index in [1.165, 1.54) is 24.4 Å². The topological polar surface area (TPSA) is 61.8 Å². The van der Waals surface area contributed by atoms with Gasteiger partial charge in [-0.15, -0.1) is 5.10 Å². The number of aromatic nitrogens is 3. The Morgan fingerprint density at radius 2 is 1.77 bits per heavy atom. The van der Waals surface area contributed by atoms with Crippen molar-refractivity contribution in [3.05, 3.63) is 82.9 Å². The largest absolute Gasteiger partial charge is 0.384 e. The molecule has 0 bridgehead atoms. The molecule has 136 valence electrons. The number of benzene rings is 2. The van der Waals surface area contributed by atoms with Gasteiger partial charge in [0.2, 0.25) is 0 Å². The van der Waals surface area contributed by atoms with Gasteiger partial charge in [0.25, 0.3) is 0 Å². The molecule has 0 saturated heterocycles. The van der Waals surface area contributed by atoms with Crippen LogP contribution in [-0.4, -0.2) is 20.5 Å². The van der Waals surface area contributed by atoms with Crippen molar-refractivity contribution in [2.45, 2.75) is 25.4 Å². The molecule has 0 fully saturated rings. The van der Waals surface area contributed by atoms with Crippen LogP contribution in [0.4, 0.5) is 13.2 Å². The number of nitrogens with one attached hydrogen (secondary N) is 1. The molecule has 3 aromatic rings. The Bertz CT molecular complexity index is 868. The van der Waals surface area contributed by atoms with Crippen molar-refractivity contribution in [2.75, 3.05) is 0 Å². The molecule has 0 radical (unpaired) electrons. The average molecular weight is 361 g/mol. The van der Waals surface area contributed by atoms with E-state index in [1.807, 2.05) is 0 Å². The van der Waals surface area contributed by atoms with Gasteiger partial charge in [-0.05, 0) is 36.1 Å². The van der Waals surface area contributed by atoms with E-state index >= 15 is 0 Å². The summed E-state index contributed by atoms with van der Waals surface area (Å²) in [6.45, 7) is 1.76. The lowest BCUT2D eigenvalue weighted by Gasteiger charge is -2.34. The van der Waals surface area contributed by atoms with Crippen LogP contribution in [0.3, 0.4) is 0 Å². The number of halogens is 3. The number of rotatable bonds is 6. The highest BCUT2D eigenvalue weighted by Crippen LogP contribution is 2.36. The molecule has 0 spiro atoms. The molecule has 2 unspecified atom stereocenters. The molecule has 0 saturated carbocycles. The molecule has 2 atom stereocenters. The van der Waals surface area contributed by atoms with E-state index in [4.69, 9.17) is 0 Å². The summed E-state index contributed by atoms with van der Waals surface area (Å²) in [5, 5.41) is 21.4. The molecule has 1 heterocycles. The Hall–Kier alpha value is -2.67. The zero-order chi connectivity index (χ0) is 18.7. The Morgan fingerprint density at radius 1 is 1.08 bits per heavy atom. The number of aliphatic hydroxyl groups is 1. The quantitative estimate of drug-likeness (QED) is 0.706. The van der Waals surface area contributed by atoms with Gasteiger partial charge in [0.1, 0.15) is 23.1 Å². The van der Waals surface area contributed by atoms with Gasteiger partial charge >= 0.3 is 0 Å². The standard InChI is InChI=1S/C19H18F3N3O/c1-12(8-13-2-4-14(20)5-3-13)19(26,10-16-11-23-25-24-16)17-7-6-15(21)9-18(17)22/h2-7,9,11-12,26H,8,10H2,1H3,(H,23,24,25). The summed E-state index contributed by atoms with van der Waals surface area (Å²) < 4.78 is 40.9. The van der Waals surface area contributed by atoms with E-state index in [2.05, 4.69) is 15.4 Å². The summed E-state index contributed by atoms with van der Waals surface area (Å²) in [4.78, 5) is 0. The highest BCUT2D eigenvalue weighted by atomic mass is 19.1. The molecule has 26 heavy (non-hydrogen) atoms. The van der Waals surface area contributed by atoms with Crippen molar-refractivity contribution < 1.29 is 18.3 Å². The van der Waals surface area contributed by atoms with Gasteiger partial charge in [0.05, 0.1) is 5.69 Å². The molecule has 0 aliphatic carbocycles. The van der Waals surface area contributed by atoms with Crippen LogP contribution in [0.15, 0.2) is 48.7 Å². The summed E-state index contributed by atoms with van der Waals surface area (Å²) in [6, 6.07) is 8.98. The third kappa shape index (κ3) is 3.77. The van der Waals surface area contributed by atoms with Gasteiger partial charge in [0, 0.05) is 24.2 Å². The van der Waals surface area contributed by atoms with E-state index in [9.17, 15) is 18.3 Å². The minimum absolute atomic E-state index is 0.00554. The van der Waals surface area contributed by atoms with Crippen LogP contribution in [0.1, 0.15) is 23.7 Å². The maximum atomic E-state index is 14.4. The van der Waals surface area contributed by atoms with Crippen LogP contribution in [0.25, 0.3) is 0 Å². The van der Waals surface area contributed by atoms with Crippen molar-refractivity contribution in [2.24, 2.45) is 5.92 Å². The van der Waals surface area contributed by atoms with Crippen LogP contribution in [0.5, 0.6) is 0 Å². The Morgan fingerprint density at radius 3 is 2.38 bits per heavy atom. The van der Waals surface area contributed by atoms with Gasteiger partial charge in [-0.3, -0.25) is 5.10 Å². The maximum Gasteiger partial charge on any atom is 0.132 e. The summed E-state index contributed by atoms with van der Waals surface area (Å²) in [5.74, 6) is -2.38. The molecule has 3 rings (SSSR count). The van der Waals surface area contributed by atoms with Gasteiger partial charge in [0.15, 0.2) is 0 Å². The first-order chi connectivity index (χ1) is 12.4. The lowest BCUT2D eigenvalue weighted by atomic mass is 9.76. The summed E-state index contributed by atoms with van der Waals surface area (Å²) >= 11 is 0. The van der Waals surface area contributed by atoms with Crippen molar-refractivity contribution >= 4 is 0 Å². The molecular weight excluding hydrogens is 343 g/mol. The highest BCUT2D eigenvalue weighted by Gasteiger charge is 2.39. The third-order valence-corrected chi connectivity index (χ3v) is 4.59. The molecule has 0 aliphatic rings. The zero-order valence-corrected chi connectivity index (χ0v) is 14.1. The third-order valence-electron chi connectivity index (χ3n) is 4.59. The lowest BCUT2D eigenvalue weighted by molar-refractivity contribution is -0.0210. The van der Waals surface area contributed by atoms with Crippen LogP contribution < -0.4 is 0 Å². The second-order valence-electron chi connectivity index (χ2n) is 6.42. The molecule has 2 N–H and O–H groups in total. The number of hydrogen-bond acceptors (Lipinski definition) is 3. The predicted octanol–water partition coefficient (Wildman–Crippen LogP) is 3.53.